The van der Waals surface area contributed by atoms with Gasteiger partial charge in [0.15, 0.2) is 0 Å². The Morgan fingerprint density at radius 1 is 1.56 bits per heavy atom. The van der Waals surface area contributed by atoms with Gasteiger partial charge in [0.2, 0.25) is 5.91 Å². The van der Waals surface area contributed by atoms with Crippen LogP contribution in [0.1, 0.15) is 18.3 Å². The highest BCUT2D eigenvalue weighted by molar-refractivity contribution is 5.93. The molecule has 1 aliphatic rings. The molecule has 0 aromatic carbocycles. The minimum Gasteiger partial charge on any atom is -0.322 e. The largest absolute Gasteiger partial charge is 0.322 e. The fraction of sp³-hybridized carbons (Fsp3) is 0.667. The van der Waals surface area contributed by atoms with E-state index in [0.717, 1.165) is 36.7 Å². The summed E-state index contributed by atoms with van der Waals surface area (Å²) < 4.78 is 0. The Hall–Kier alpha value is -1.40. The number of hydrogen-bond acceptors (Lipinski definition) is 4. The molecule has 1 aromatic heterocycles. The Labute approximate surface area is 107 Å². The lowest BCUT2D eigenvalue weighted by Gasteiger charge is -2.33. The van der Waals surface area contributed by atoms with Crippen molar-refractivity contribution < 1.29 is 4.79 Å². The molecule has 3 N–H and O–H groups in total. The van der Waals surface area contributed by atoms with Crippen LogP contribution >= 0.6 is 0 Å². The van der Waals surface area contributed by atoms with Crippen molar-refractivity contribution in [3.8, 4) is 0 Å². The topological polar surface area (TPSA) is 73.0 Å². The van der Waals surface area contributed by atoms with Crippen molar-refractivity contribution in [2.75, 3.05) is 31.5 Å². The number of aromatic nitrogens is 2. The van der Waals surface area contributed by atoms with Gasteiger partial charge in [-0.05, 0) is 20.8 Å². The second kappa shape index (κ2) is 5.49. The third-order valence-electron chi connectivity index (χ3n) is 3.38. The highest BCUT2D eigenvalue weighted by Crippen LogP contribution is 2.16. The molecule has 1 aromatic rings. The zero-order chi connectivity index (χ0) is 13.1. The van der Waals surface area contributed by atoms with Gasteiger partial charge in [-0.3, -0.25) is 14.8 Å². The minimum absolute atomic E-state index is 0.0244. The number of aromatic amines is 1. The number of carbonyl (C=O) groups excluding carboxylic acids is 1. The maximum absolute atomic E-state index is 12.0. The van der Waals surface area contributed by atoms with Gasteiger partial charge in [-0.1, -0.05) is 0 Å². The highest BCUT2D eigenvalue weighted by atomic mass is 16.2. The fourth-order valence-corrected chi connectivity index (χ4v) is 2.22. The van der Waals surface area contributed by atoms with Crippen LogP contribution in [0, 0.1) is 13.8 Å². The van der Waals surface area contributed by atoms with Crippen LogP contribution in [0.5, 0.6) is 0 Å². The summed E-state index contributed by atoms with van der Waals surface area (Å²) in [5, 5.41) is 13.2. The van der Waals surface area contributed by atoms with E-state index in [-0.39, 0.29) is 5.91 Å². The van der Waals surface area contributed by atoms with Gasteiger partial charge in [-0.15, -0.1) is 0 Å². The van der Waals surface area contributed by atoms with Gasteiger partial charge in [0.1, 0.15) is 0 Å². The van der Waals surface area contributed by atoms with Crippen LogP contribution in [-0.4, -0.2) is 53.2 Å². The lowest BCUT2D eigenvalue weighted by atomic mass is 10.2. The first-order valence-electron chi connectivity index (χ1n) is 6.34. The van der Waals surface area contributed by atoms with Crippen molar-refractivity contribution in [1.29, 1.82) is 0 Å². The Kier molecular flexibility index (Phi) is 3.98. The Balaban J connectivity index is 1.92. The van der Waals surface area contributed by atoms with Crippen molar-refractivity contribution in [1.82, 2.24) is 20.4 Å². The Morgan fingerprint density at radius 3 is 2.94 bits per heavy atom. The summed E-state index contributed by atoms with van der Waals surface area (Å²) in [6.45, 7) is 9.16. The average Bonchev–Trinajstić information content (AvgIpc) is 2.64. The first-order valence-corrected chi connectivity index (χ1v) is 6.34. The highest BCUT2D eigenvalue weighted by Gasteiger charge is 2.21. The van der Waals surface area contributed by atoms with Crippen LogP contribution in [0.15, 0.2) is 0 Å². The molecular weight excluding hydrogens is 230 g/mol. The lowest BCUT2D eigenvalue weighted by molar-refractivity contribution is -0.118. The van der Waals surface area contributed by atoms with Crippen molar-refractivity contribution in [2.45, 2.75) is 26.8 Å². The maximum Gasteiger partial charge on any atom is 0.238 e. The number of nitrogens with one attached hydrogen (secondary N) is 3. The van der Waals surface area contributed by atoms with Crippen LogP contribution in [0.3, 0.4) is 0 Å². The second-order valence-corrected chi connectivity index (χ2v) is 4.88. The quantitative estimate of drug-likeness (QED) is 0.720. The van der Waals surface area contributed by atoms with Crippen LogP contribution in [0.25, 0.3) is 0 Å². The number of H-pyrrole nitrogens is 1. The van der Waals surface area contributed by atoms with Crippen molar-refractivity contribution in [3.63, 3.8) is 0 Å². The van der Waals surface area contributed by atoms with Crippen LogP contribution in [0.2, 0.25) is 0 Å². The van der Waals surface area contributed by atoms with Gasteiger partial charge >= 0.3 is 0 Å². The fourth-order valence-electron chi connectivity index (χ4n) is 2.22. The number of aryl methyl sites for hydroxylation is 2. The minimum atomic E-state index is 0.0244. The van der Waals surface area contributed by atoms with E-state index in [1.807, 2.05) is 13.8 Å². The molecule has 0 saturated carbocycles. The van der Waals surface area contributed by atoms with Gasteiger partial charge in [0.05, 0.1) is 23.6 Å². The first-order chi connectivity index (χ1) is 8.58. The third kappa shape index (κ3) is 2.88. The molecular formula is C12H21N5O. The number of piperazine rings is 1. The predicted octanol–water partition coefficient (Wildman–Crippen LogP) is 0.259. The van der Waals surface area contributed by atoms with Crippen LogP contribution in [0.4, 0.5) is 5.69 Å². The van der Waals surface area contributed by atoms with Crippen LogP contribution < -0.4 is 10.6 Å². The zero-order valence-electron chi connectivity index (χ0n) is 11.2. The summed E-state index contributed by atoms with van der Waals surface area (Å²) in [7, 11) is 0. The molecule has 100 valence electrons. The average molecular weight is 251 g/mol. The molecule has 1 saturated heterocycles. The van der Waals surface area contributed by atoms with Gasteiger partial charge in [-0.25, -0.2) is 0 Å². The van der Waals surface area contributed by atoms with Gasteiger partial charge in [-0.2, -0.15) is 5.10 Å². The number of amides is 1. The van der Waals surface area contributed by atoms with E-state index in [1.54, 1.807) is 0 Å². The smallest absolute Gasteiger partial charge is 0.238 e. The standard InChI is InChI=1S/C12H21N5O/c1-8-6-13-4-5-17(8)7-11(18)14-12-9(2)15-16-10(12)3/h8,13H,4-7H2,1-3H3,(H,14,18)(H,15,16). The third-order valence-corrected chi connectivity index (χ3v) is 3.38. The molecule has 18 heavy (non-hydrogen) atoms. The first kappa shape index (κ1) is 13.0. The SMILES string of the molecule is Cc1n[nH]c(C)c1NC(=O)CN1CCNCC1C. The van der Waals surface area contributed by atoms with Gasteiger partial charge < -0.3 is 10.6 Å². The summed E-state index contributed by atoms with van der Waals surface area (Å²) in [6.07, 6.45) is 0. The molecule has 1 unspecified atom stereocenters. The summed E-state index contributed by atoms with van der Waals surface area (Å²) in [5.74, 6) is 0.0244. The van der Waals surface area contributed by atoms with E-state index >= 15 is 0 Å². The summed E-state index contributed by atoms with van der Waals surface area (Å²) in [6, 6.07) is 0.399. The number of hydrogen-bond donors (Lipinski definition) is 3. The summed E-state index contributed by atoms with van der Waals surface area (Å²) in [5.41, 5.74) is 2.53. The number of anilines is 1. The van der Waals surface area contributed by atoms with Crippen molar-refractivity contribution in [2.24, 2.45) is 0 Å². The number of carbonyl (C=O) groups is 1. The van der Waals surface area contributed by atoms with Crippen molar-refractivity contribution in [3.05, 3.63) is 11.4 Å². The molecule has 0 spiro atoms. The second-order valence-electron chi connectivity index (χ2n) is 4.88. The van der Waals surface area contributed by atoms with E-state index in [9.17, 15) is 4.79 Å². The van der Waals surface area contributed by atoms with E-state index in [0.29, 0.717) is 12.6 Å². The molecule has 6 heteroatoms. The van der Waals surface area contributed by atoms with Crippen LogP contribution in [-0.2, 0) is 4.79 Å². The van der Waals surface area contributed by atoms with Gasteiger partial charge in [0, 0.05) is 25.7 Å². The molecule has 1 atom stereocenters. The number of rotatable bonds is 3. The molecule has 2 heterocycles. The zero-order valence-corrected chi connectivity index (χ0v) is 11.2. The molecule has 0 aliphatic carbocycles. The Bertz CT molecular complexity index is 409. The lowest BCUT2D eigenvalue weighted by Crippen LogP contribution is -2.52. The maximum atomic E-state index is 12.0. The number of nitrogens with zero attached hydrogens (tertiary/aromatic N) is 2. The summed E-state index contributed by atoms with van der Waals surface area (Å²) >= 11 is 0. The molecule has 2 rings (SSSR count). The Morgan fingerprint density at radius 2 is 2.33 bits per heavy atom. The van der Waals surface area contributed by atoms with Gasteiger partial charge in [0.25, 0.3) is 0 Å². The molecule has 1 amide bonds. The van der Waals surface area contributed by atoms with Crippen molar-refractivity contribution >= 4 is 11.6 Å². The normalized spacial score (nSPS) is 20.9. The molecule has 6 nitrogen and oxygen atoms in total. The molecule has 1 fully saturated rings. The molecule has 1 aliphatic heterocycles. The monoisotopic (exact) mass is 251 g/mol. The van der Waals surface area contributed by atoms with E-state index in [4.69, 9.17) is 0 Å². The predicted molar refractivity (Wildman–Crippen MR) is 70.6 cm³/mol. The molecule has 0 bridgehead atoms. The van der Waals surface area contributed by atoms with E-state index in [2.05, 4.69) is 32.7 Å². The summed E-state index contributed by atoms with van der Waals surface area (Å²) in [4.78, 5) is 14.2. The van der Waals surface area contributed by atoms with E-state index < -0.39 is 0 Å². The molecule has 0 radical (unpaired) electrons. The van der Waals surface area contributed by atoms with E-state index in [1.165, 1.54) is 0 Å².